The third kappa shape index (κ3) is 2.51. The van der Waals surface area contributed by atoms with Gasteiger partial charge in [0.1, 0.15) is 0 Å². The van der Waals surface area contributed by atoms with Crippen molar-refractivity contribution in [3.63, 3.8) is 0 Å². The zero-order valence-corrected chi connectivity index (χ0v) is 11.1. The summed E-state index contributed by atoms with van der Waals surface area (Å²) < 4.78 is 5.35. The van der Waals surface area contributed by atoms with Crippen molar-refractivity contribution in [3.05, 3.63) is 23.8 Å². The summed E-state index contributed by atoms with van der Waals surface area (Å²) in [6.45, 7) is 5.11. The lowest BCUT2D eigenvalue weighted by Gasteiger charge is -2.24. The first-order valence-corrected chi connectivity index (χ1v) is 6.68. The van der Waals surface area contributed by atoms with Crippen LogP contribution < -0.4 is 16.0 Å². The molecule has 1 unspecified atom stereocenters. The molecule has 0 spiro atoms. The maximum Gasteiger partial charge on any atom is 0.251 e. The molecule has 1 aromatic carbocycles. The van der Waals surface area contributed by atoms with Crippen LogP contribution in [-0.4, -0.2) is 37.7 Å². The molecule has 0 radical (unpaired) electrons. The smallest absolute Gasteiger partial charge is 0.251 e. The third-order valence-electron chi connectivity index (χ3n) is 3.67. The van der Waals surface area contributed by atoms with E-state index in [4.69, 9.17) is 4.74 Å². The number of benzene rings is 1. The van der Waals surface area contributed by atoms with Gasteiger partial charge in [-0.1, -0.05) is 0 Å². The summed E-state index contributed by atoms with van der Waals surface area (Å²) in [6, 6.07) is 5.70. The Hall–Kier alpha value is -1.75. The van der Waals surface area contributed by atoms with Gasteiger partial charge in [-0.3, -0.25) is 4.79 Å². The number of fused-ring (bicyclic) bond motifs is 1. The van der Waals surface area contributed by atoms with Crippen LogP contribution in [-0.2, 0) is 4.74 Å². The Morgan fingerprint density at radius 1 is 1.32 bits per heavy atom. The van der Waals surface area contributed by atoms with E-state index in [9.17, 15) is 4.79 Å². The number of amides is 1. The summed E-state index contributed by atoms with van der Waals surface area (Å²) in [6.07, 6.45) is 0.865. The van der Waals surface area contributed by atoms with Crippen LogP contribution in [0, 0.1) is 0 Å². The summed E-state index contributed by atoms with van der Waals surface area (Å²) in [5.41, 5.74) is 2.49. The monoisotopic (exact) mass is 261 g/mol. The molecule has 0 aromatic heterocycles. The molecule has 0 aliphatic carbocycles. The number of anilines is 2. The van der Waals surface area contributed by atoms with E-state index in [0.29, 0.717) is 18.8 Å². The molecular formula is C14H19N3O2. The molecule has 5 nitrogen and oxygen atoms in total. The number of carbonyl (C=O) groups is 1. The van der Waals surface area contributed by atoms with Crippen molar-refractivity contribution in [2.45, 2.75) is 18.9 Å². The van der Waals surface area contributed by atoms with Crippen molar-refractivity contribution >= 4 is 17.3 Å². The van der Waals surface area contributed by atoms with Crippen molar-refractivity contribution in [3.8, 4) is 0 Å². The molecule has 0 saturated carbocycles. The fourth-order valence-electron chi connectivity index (χ4n) is 2.49. The minimum absolute atomic E-state index is 0.0387. The number of carbonyl (C=O) groups excluding carboxylic acids is 1. The van der Waals surface area contributed by atoms with Gasteiger partial charge in [0.2, 0.25) is 0 Å². The molecule has 1 aromatic rings. The standard InChI is InChI=1S/C14H19N3O2/c1-14(4-7-19-9-14)17-13(18)10-2-3-11-12(8-10)16-6-5-15-11/h2-3,8,15-16H,4-7,9H2,1H3,(H,17,18). The Balaban J connectivity index is 1.76. The number of rotatable bonds is 2. The van der Waals surface area contributed by atoms with Crippen LogP contribution in [0.15, 0.2) is 18.2 Å². The van der Waals surface area contributed by atoms with Crippen molar-refractivity contribution in [2.24, 2.45) is 0 Å². The summed E-state index contributed by atoms with van der Waals surface area (Å²) in [4.78, 5) is 12.3. The number of ether oxygens (including phenoxy) is 1. The van der Waals surface area contributed by atoms with Crippen molar-refractivity contribution in [1.29, 1.82) is 0 Å². The Kier molecular flexibility index (Phi) is 3.06. The average molecular weight is 261 g/mol. The van der Waals surface area contributed by atoms with E-state index in [2.05, 4.69) is 16.0 Å². The maximum absolute atomic E-state index is 12.3. The predicted molar refractivity (Wildman–Crippen MR) is 74.7 cm³/mol. The molecule has 3 rings (SSSR count). The number of nitrogens with one attached hydrogen (secondary N) is 3. The highest BCUT2D eigenvalue weighted by Gasteiger charge is 2.31. The molecule has 0 bridgehead atoms. The summed E-state index contributed by atoms with van der Waals surface area (Å²) in [7, 11) is 0. The summed E-state index contributed by atoms with van der Waals surface area (Å²) >= 11 is 0. The Morgan fingerprint density at radius 3 is 2.84 bits per heavy atom. The van der Waals surface area contributed by atoms with Crippen LogP contribution in [0.2, 0.25) is 0 Å². The molecule has 1 saturated heterocycles. The highest BCUT2D eigenvalue weighted by atomic mass is 16.5. The third-order valence-corrected chi connectivity index (χ3v) is 3.67. The van der Waals surface area contributed by atoms with Crippen LogP contribution >= 0.6 is 0 Å². The lowest BCUT2D eigenvalue weighted by atomic mass is 10.0. The fraction of sp³-hybridized carbons (Fsp3) is 0.500. The van der Waals surface area contributed by atoms with Gasteiger partial charge in [0.25, 0.3) is 5.91 Å². The molecule has 102 valence electrons. The van der Waals surface area contributed by atoms with Gasteiger partial charge in [-0.2, -0.15) is 0 Å². The highest BCUT2D eigenvalue weighted by Crippen LogP contribution is 2.26. The van der Waals surface area contributed by atoms with Gasteiger partial charge in [-0.15, -0.1) is 0 Å². The highest BCUT2D eigenvalue weighted by molar-refractivity contribution is 5.97. The summed E-state index contributed by atoms with van der Waals surface area (Å²) in [5.74, 6) is -0.0387. The second-order valence-corrected chi connectivity index (χ2v) is 5.43. The molecule has 2 heterocycles. The van der Waals surface area contributed by atoms with Crippen LogP contribution in [0.3, 0.4) is 0 Å². The first-order valence-electron chi connectivity index (χ1n) is 6.68. The molecule has 1 atom stereocenters. The predicted octanol–water partition coefficient (Wildman–Crippen LogP) is 1.43. The second kappa shape index (κ2) is 4.74. The quantitative estimate of drug-likeness (QED) is 0.753. The van der Waals surface area contributed by atoms with Crippen LogP contribution in [0.5, 0.6) is 0 Å². The molecule has 3 N–H and O–H groups in total. The molecule has 19 heavy (non-hydrogen) atoms. The zero-order chi connectivity index (χ0) is 13.3. The first kappa shape index (κ1) is 12.3. The van der Waals surface area contributed by atoms with Crippen LogP contribution in [0.1, 0.15) is 23.7 Å². The average Bonchev–Trinajstić information content (AvgIpc) is 2.84. The van der Waals surface area contributed by atoms with Crippen LogP contribution in [0.25, 0.3) is 0 Å². The molecule has 2 aliphatic rings. The van der Waals surface area contributed by atoms with E-state index >= 15 is 0 Å². The fourth-order valence-corrected chi connectivity index (χ4v) is 2.49. The lowest BCUT2D eigenvalue weighted by Crippen LogP contribution is -2.46. The second-order valence-electron chi connectivity index (χ2n) is 5.43. The van der Waals surface area contributed by atoms with Gasteiger partial charge < -0.3 is 20.7 Å². The van der Waals surface area contributed by atoms with Crippen LogP contribution in [0.4, 0.5) is 11.4 Å². The lowest BCUT2D eigenvalue weighted by molar-refractivity contribution is 0.0890. The van der Waals surface area contributed by atoms with E-state index in [1.807, 2.05) is 25.1 Å². The largest absolute Gasteiger partial charge is 0.382 e. The minimum Gasteiger partial charge on any atom is -0.382 e. The Labute approximate surface area is 112 Å². The first-order chi connectivity index (χ1) is 9.16. The van der Waals surface area contributed by atoms with Gasteiger partial charge in [-0.05, 0) is 31.5 Å². The van der Waals surface area contributed by atoms with Gasteiger partial charge in [0.15, 0.2) is 0 Å². The molecule has 2 aliphatic heterocycles. The number of hydrogen-bond donors (Lipinski definition) is 3. The Morgan fingerprint density at radius 2 is 2.11 bits per heavy atom. The Bertz CT molecular complexity index is 495. The minimum atomic E-state index is -0.237. The van der Waals surface area contributed by atoms with Gasteiger partial charge in [0.05, 0.1) is 23.5 Å². The summed E-state index contributed by atoms with van der Waals surface area (Å²) in [5, 5.41) is 9.66. The normalized spacial score (nSPS) is 25.1. The van der Waals surface area contributed by atoms with E-state index in [1.165, 1.54) is 0 Å². The van der Waals surface area contributed by atoms with Gasteiger partial charge in [-0.25, -0.2) is 0 Å². The molecule has 1 fully saturated rings. The van der Waals surface area contributed by atoms with E-state index in [0.717, 1.165) is 30.9 Å². The van der Waals surface area contributed by atoms with E-state index < -0.39 is 0 Å². The van der Waals surface area contributed by atoms with Gasteiger partial charge in [0, 0.05) is 25.3 Å². The van der Waals surface area contributed by atoms with Crippen molar-refractivity contribution < 1.29 is 9.53 Å². The molecule has 1 amide bonds. The van der Waals surface area contributed by atoms with Gasteiger partial charge >= 0.3 is 0 Å². The SMILES string of the molecule is CC1(NC(=O)c2ccc3c(c2)NCCN3)CCOC1. The molecular weight excluding hydrogens is 242 g/mol. The van der Waals surface area contributed by atoms with E-state index in [-0.39, 0.29) is 11.4 Å². The topological polar surface area (TPSA) is 62.4 Å². The maximum atomic E-state index is 12.3. The van der Waals surface area contributed by atoms with Crippen molar-refractivity contribution in [2.75, 3.05) is 36.9 Å². The van der Waals surface area contributed by atoms with Crippen molar-refractivity contribution in [1.82, 2.24) is 5.32 Å². The van der Waals surface area contributed by atoms with E-state index in [1.54, 1.807) is 0 Å². The zero-order valence-electron chi connectivity index (χ0n) is 11.1. The number of hydrogen-bond acceptors (Lipinski definition) is 4. The molecule has 5 heteroatoms.